The van der Waals surface area contributed by atoms with Crippen LogP contribution in [0.15, 0.2) is 30.3 Å². The lowest BCUT2D eigenvalue weighted by molar-refractivity contribution is -0.132. The van der Waals surface area contributed by atoms with E-state index in [-0.39, 0.29) is 24.5 Å². The molecule has 2 saturated heterocycles. The van der Waals surface area contributed by atoms with E-state index >= 15 is 0 Å². The maximum absolute atomic E-state index is 12.0. The molecule has 0 aromatic heterocycles. The summed E-state index contributed by atoms with van der Waals surface area (Å²) in [5.74, 6) is 1.01. The minimum atomic E-state index is -0.116. The van der Waals surface area contributed by atoms with Crippen molar-refractivity contribution in [2.75, 3.05) is 44.4 Å². The quantitative estimate of drug-likeness (QED) is 0.812. The number of hydrogen-bond acceptors (Lipinski definition) is 5. The van der Waals surface area contributed by atoms with E-state index in [1.807, 2.05) is 18.2 Å². The fraction of sp³-hybridized carbons (Fsp3) is 0.529. The van der Waals surface area contributed by atoms with Gasteiger partial charge in [0.25, 0.3) is 0 Å². The van der Waals surface area contributed by atoms with E-state index in [1.54, 1.807) is 16.7 Å². The molecule has 2 aliphatic heterocycles. The van der Waals surface area contributed by atoms with Gasteiger partial charge in [-0.25, -0.2) is 0 Å². The molecule has 0 bridgehead atoms. The van der Waals surface area contributed by atoms with E-state index in [1.165, 1.54) is 5.56 Å². The second-order valence-corrected chi connectivity index (χ2v) is 7.04. The van der Waals surface area contributed by atoms with Crippen LogP contribution in [0, 0.1) is 0 Å². The van der Waals surface area contributed by atoms with Gasteiger partial charge in [-0.05, 0) is 5.56 Å². The average Bonchev–Trinajstić information content (AvgIpc) is 2.99. The normalized spacial score (nSPS) is 21.9. The Labute approximate surface area is 146 Å². The molecule has 130 valence electrons. The third kappa shape index (κ3) is 4.96. The van der Waals surface area contributed by atoms with Gasteiger partial charge in [-0.2, -0.15) is 0 Å². The van der Waals surface area contributed by atoms with E-state index in [0.717, 1.165) is 19.6 Å². The number of nitrogens with zero attached hydrogens (tertiary/aromatic N) is 2. The van der Waals surface area contributed by atoms with Crippen molar-refractivity contribution < 1.29 is 14.3 Å². The second kappa shape index (κ2) is 8.50. The first-order valence-corrected chi connectivity index (χ1v) is 9.36. The molecule has 0 spiro atoms. The number of amides is 2. The van der Waals surface area contributed by atoms with Crippen molar-refractivity contribution in [3.8, 4) is 0 Å². The summed E-state index contributed by atoms with van der Waals surface area (Å²) in [7, 11) is 0. The number of hydrogen-bond donors (Lipinski definition) is 1. The molecule has 6 nitrogen and oxygen atoms in total. The summed E-state index contributed by atoms with van der Waals surface area (Å²) in [4.78, 5) is 27.4. The molecule has 2 fully saturated rings. The lowest BCUT2D eigenvalue weighted by Crippen LogP contribution is -2.48. The molecule has 2 amide bonds. The van der Waals surface area contributed by atoms with Crippen molar-refractivity contribution in [1.29, 1.82) is 0 Å². The van der Waals surface area contributed by atoms with Crippen LogP contribution in [0.2, 0.25) is 0 Å². The Morgan fingerprint density at radius 3 is 2.92 bits per heavy atom. The van der Waals surface area contributed by atoms with Gasteiger partial charge in [0, 0.05) is 26.2 Å². The summed E-state index contributed by atoms with van der Waals surface area (Å²) in [5.41, 5.74) is 1.28. The number of benzene rings is 1. The highest BCUT2D eigenvalue weighted by Gasteiger charge is 2.24. The van der Waals surface area contributed by atoms with Crippen LogP contribution in [0.3, 0.4) is 0 Å². The summed E-state index contributed by atoms with van der Waals surface area (Å²) >= 11 is 1.54. The third-order valence-corrected chi connectivity index (χ3v) is 5.10. The first-order valence-electron chi connectivity index (χ1n) is 8.21. The van der Waals surface area contributed by atoms with Gasteiger partial charge in [-0.3, -0.25) is 14.5 Å². The third-order valence-electron chi connectivity index (χ3n) is 4.16. The minimum absolute atomic E-state index is 0.00457. The van der Waals surface area contributed by atoms with Gasteiger partial charge in [-0.1, -0.05) is 30.3 Å². The highest BCUT2D eigenvalue weighted by Crippen LogP contribution is 2.14. The number of ether oxygens (including phenoxy) is 1. The summed E-state index contributed by atoms with van der Waals surface area (Å²) in [6.07, 6.45) is -0.00457. The molecule has 1 atom stereocenters. The lowest BCUT2D eigenvalue weighted by atomic mass is 10.2. The van der Waals surface area contributed by atoms with Crippen LogP contribution < -0.4 is 5.32 Å². The molecule has 0 aliphatic carbocycles. The second-order valence-electron chi connectivity index (χ2n) is 6.09. The molecule has 1 unspecified atom stereocenters. The van der Waals surface area contributed by atoms with Crippen molar-refractivity contribution >= 4 is 23.6 Å². The van der Waals surface area contributed by atoms with Crippen LogP contribution >= 0.6 is 11.8 Å². The average molecular weight is 349 g/mol. The molecule has 24 heavy (non-hydrogen) atoms. The highest BCUT2D eigenvalue weighted by molar-refractivity contribution is 8.00. The van der Waals surface area contributed by atoms with E-state index in [0.29, 0.717) is 24.8 Å². The van der Waals surface area contributed by atoms with Crippen LogP contribution in [0.5, 0.6) is 0 Å². The van der Waals surface area contributed by atoms with Crippen LogP contribution in [0.25, 0.3) is 0 Å². The molecular weight excluding hydrogens is 326 g/mol. The maximum atomic E-state index is 12.0. The minimum Gasteiger partial charge on any atom is -0.374 e. The molecule has 0 radical (unpaired) electrons. The van der Waals surface area contributed by atoms with Crippen molar-refractivity contribution in [2.24, 2.45) is 0 Å². The zero-order chi connectivity index (χ0) is 16.8. The van der Waals surface area contributed by atoms with E-state index in [2.05, 4.69) is 22.3 Å². The molecule has 1 aromatic rings. The fourth-order valence-corrected chi connectivity index (χ4v) is 3.79. The standard InChI is InChI=1S/C17H23N3O3S/c21-16(11-20-13-24-12-17(20)22)18-8-15-10-19(6-7-23-15)9-14-4-2-1-3-5-14/h1-5,15H,6-13H2,(H,18,21). The first-order chi connectivity index (χ1) is 11.7. The Bertz CT molecular complexity index is 569. The van der Waals surface area contributed by atoms with E-state index < -0.39 is 0 Å². The van der Waals surface area contributed by atoms with Gasteiger partial charge in [0.05, 0.1) is 24.3 Å². The van der Waals surface area contributed by atoms with Gasteiger partial charge in [0.2, 0.25) is 11.8 Å². The Morgan fingerprint density at radius 2 is 2.17 bits per heavy atom. The van der Waals surface area contributed by atoms with Crippen LogP contribution in [-0.2, 0) is 20.9 Å². The van der Waals surface area contributed by atoms with Gasteiger partial charge in [-0.15, -0.1) is 11.8 Å². The molecule has 1 aromatic carbocycles. The van der Waals surface area contributed by atoms with E-state index in [9.17, 15) is 9.59 Å². The van der Waals surface area contributed by atoms with Crippen molar-refractivity contribution in [1.82, 2.24) is 15.1 Å². The van der Waals surface area contributed by atoms with Crippen LogP contribution in [-0.4, -0.2) is 72.1 Å². The number of thioether (sulfide) groups is 1. The Kier molecular flexibility index (Phi) is 6.12. The number of carbonyl (C=O) groups excluding carboxylic acids is 2. The summed E-state index contributed by atoms with van der Waals surface area (Å²) in [6, 6.07) is 10.4. The number of rotatable bonds is 6. The van der Waals surface area contributed by atoms with Gasteiger partial charge < -0.3 is 15.0 Å². The first kappa shape index (κ1) is 17.3. The zero-order valence-electron chi connectivity index (χ0n) is 13.6. The van der Waals surface area contributed by atoms with Gasteiger partial charge in [0.1, 0.15) is 6.54 Å². The number of morpholine rings is 1. The summed E-state index contributed by atoms with van der Waals surface area (Å²) in [5, 5.41) is 2.89. The monoisotopic (exact) mass is 349 g/mol. The SMILES string of the molecule is O=C(CN1CSCC1=O)NCC1CN(Cc2ccccc2)CCO1. The van der Waals surface area contributed by atoms with Crippen molar-refractivity contribution in [2.45, 2.75) is 12.6 Å². The highest BCUT2D eigenvalue weighted by atomic mass is 32.2. The largest absolute Gasteiger partial charge is 0.374 e. The molecule has 2 aliphatic rings. The van der Waals surface area contributed by atoms with Crippen molar-refractivity contribution in [3.63, 3.8) is 0 Å². The smallest absolute Gasteiger partial charge is 0.239 e. The zero-order valence-corrected chi connectivity index (χ0v) is 14.5. The summed E-state index contributed by atoms with van der Waals surface area (Å²) in [6.45, 7) is 3.90. The Hall–Kier alpha value is -1.57. The van der Waals surface area contributed by atoms with Crippen LogP contribution in [0.1, 0.15) is 5.56 Å². The fourth-order valence-electron chi connectivity index (χ4n) is 2.89. The predicted octanol–water partition coefficient (Wildman–Crippen LogP) is 0.537. The number of nitrogens with one attached hydrogen (secondary N) is 1. The van der Waals surface area contributed by atoms with E-state index in [4.69, 9.17) is 4.74 Å². The Morgan fingerprint density at radius 1 is 1.33 bits per heavy atom. The molecule has 7 heteroatoms. The Balaban J connectivity index is 1.40. The van der Waals surface area contributed by atoms with Gasteiger partial charge >= 0.3 is 0 Å². The molecule has 0 saturated carbocycles. The maximum Gasteiger partial charge on any atom is 0.239 e. The number of carbonyl (C=O) groups is 2. The van der Waals surface area contributed by atoms with Gasteiger partial charge in [0.15, 0.2) is 0 Å². The molecular formula is C17H23N3O3S. The predicted molar refractivity (Wildman–Crippen MR) is 93.5 cm³/mol. The van der Waals surface area contributed by atoms with Crippen molar-refractivity contribution in [3.05, 3.63) is 35.9 Å². The van der Waals surface area contributed by atoms with Crippen LogP contribution in [0.4, 0.5) is 0 Å². The molecule has 2 heterocycles. The topological polar surface area (TPSA) is 61.9 Å². The lowest BCUT2D eigenvalue weighted by Gasteiger charge is -2.33. The summed E-state index contributed by atoms with van der Waals surface area (Å²) < 4.78 is 5.75. The molecule has 3 rings (SSSR count). The molecule has 1 N–H and O–H groups in total.